The first-order valence-electron chi connectivity index (χ1n) is 9.82. The van der Waals surface area contributed by atoms with E-state index >= 15 is 0 Å². The molecule has 1 aliphatic rings. The van der Waals surface area contributed by atoms with Crippen molar-refractivity contribution in [2.75, 3.05) is 0 Å². The molecule has 1 fully saturated rings. The Balaban J connectivity index is 1.82. The van der Waals surface area contributed by atoms with Gasteiger partial charge in [-0.2, -0.15) is 26.3 Å². The van der Waals surface area contributed by atoms with E-state index in [0.29, 0.717) is 12.8 Å². The molecule has 2 aromatic carbocycles. The van der Waals surface area contributed by atoms with Gasteiger partial charge in [-0.1, -0.05) is 12.8 Å². The molecule has 2 unspecified atom stereocenters. The van der Waals surface area contributed by atoms with Crippen molar-refractivity contribution in [2.45, 2.75) is 50.1 Å². The number of hydrogen-bond acceptors (Lipinski definition) is 4. The third-order valence-electron chi connectivity index (χ3n) is 5.21. The standard InChI is InChI=1S/C22H20F6N2O2/c23-21(24,25)15-5-7-19(31)13(9-15)11-29-17-3-1-2-4-18(17)30-12-14-10-16(22(26,27)28)6-8-20(14)32/h5-12,17-18,31-32H,1-4H2. The first-order valence-corrected chi connectivity index (χ1v) is 9.82. The monoisotopic (exact) mass is 458 g/mol. The lowest BCUT2D eigenvalue weighted by Crippen LogP contribution is -2.27. The summed E-state index contributed by atoms with van der Waals surface area (Å²) in [6.07, 6.45) is -4.06. The third kappa shape index (κ3) is 5.80. The van der Waals surface area contributed by atoms with Gasteiger partial charge in [0.2, 0.25) is 0 Å². The van der Waals surface area contributed by atoms with E-state index in [1.54, 1.807) is 0 Å². The smallest absolute Gasteiger partial charge is 0.416 e. The van der Waals surface area contributed by atoms with E-state index in [1.807, 2.05) is 0 Å². The Bertz CT molecular complexity index is 933. The molecular weight excluding hydrogens is 438 g/mol. The fraction of sp³-hybridized carbons (Fsp3) is 0.364. The average molecular weight is 458 g/mol. The van der Waals surface area contributed by atoms with Crippen molar-refractivity contribution in [3.8, 4) is 11.5 Å². The van der Waals surface area contributed by atoms with Gasteiger partial charge >= 0.3 is 12.4 Å². The van der Waals surface area contributed by atoms with Crippen molar-refractivity contribution in [3.05, 3.63) is 58.7 Å². The summed E-state index contributed by atoms with van der Waals surface area (Å²) in [6.45, 7) is 0. The van der Waals surface area contributed by atoms with Crippen molar-refractivity contribution in [2.24, 2.45) is 9.98 Å². The second-order valence-electron chi connectivity index (χ2n) is 7.52. The number of nitrogens with zero attached hydrogens (tertiary/aromatic N) is 2. The van der Waals surface area contributed by atoms with Crippen molar-refractivity contribution < 1.29 is 36.6 Å². The predicted molar refractivity (Wildman–Crippen MR) is 107 cm³/mol. The molecule has 4 nitrogen and oxygen atoms in total. The van der Waals surface area contributed by atoms with Gasteiger partial charge in [-0.3, -0.25) is 9.98 Å². The van der Waals surface area contributed by atoms with Gasteiger partial charge in [0.1, 0.15) is 11.5 Å². The van der Waals surface area contributed by atoms with Crippen LogP contribution in [0.5, 0.6) is 11.5 Å². The molecule has 0 bridgehead atoms. The van der Waals surface area contributed by atoms with Gasteiger partial charge in [0, 0.05) is 23.6 Å². The van der Waals surface area contributed by atoms with Crippen LogP contribution >= 0.6 is 0 Å². The van der Waals surface area contributed by atoms with Crippen LogP contribution in [-0.4, -0.2) is 34.7 Å². The number of hydrogen-bond donors (Lipinski definition) is 2. The highest BCUT2D eigenvalue weighted by Crippen LogP contribution is 2.33. The van der Waals surface area contributed by atoms with Crippen LogP contribution in [0.2, 0.25) is 0 Å². The average Bonchev–Trinajstić information content (AvgIpc) is 2.71. The van der Waals surface area contributed by atoms with Crippen LogP contribution in [0.4, 0.5) is 26.3 Å². The van der Waals surface area contributed by atoms with Crippen molar-refractivity contribution in [3.63, 3.8) is 0 Å². The second kappa shape index (κ2) is 9.22. The number of phenols is 2. The Kier molecular flexibility index (Phi) is 6.80. The molecule has 2 aromatic rings. The summed E-state index contributed by atoms with van der Waals surface area (Å²) in [5.41, 5.74) is -2.03. The minimum atomic E-state index is -4.57. The SMILES string of the molecule is Oc1ccc(C(F)(F)F)cc1C=NC1CCCCC1N=Cc1cc(C(F)(F)F)ccc1O. The summed E-state index contributed by atoms with van der Waals surface area (Å²) in [5.74, 6) is -0.710. The zero-order valence-corrected chi connectivity index (χ0v) is 16.7. The van der Waals surface area contributed by atoms with Gasteiger partial charge in [-0.25, -0.2) is 0 Å². The number of phenolic OH excluding ortho intramolecular Hbond substituents is 2. The Morgan fingerprint density at radius 1 is 0.688 bits per heavy atom. The molecule has 2 atom stereocenters. The molecule has 0 saturated heterocycles. The Morgan fingerprint density at radius 2 is 1.06 bits per heavy atom. The second-order valence-corrected chi connectivity index (χ2v) is 7.52. The lowest BCUT2D eigenvalue weighted by Gasteiger charge is -2.25. The maximum atomic E-state index is 12.9. The van der Waals surface area contributed by atoms with E-state index in [-0.39, 0.29) is 22.6 Å². The van der Waals surface area contributed by atoms with Gasteiger partial charge in [0.15, 0.2) is 0 Å². The highest BCUT2D eigenvalue weighted by Gasteiger charge is 2.32. The summed E-state index contributed by atoms with van der Waals surface area (Å²) in [4.78, 5) is 8.60. The van der Waals surface area contributed by atoms with Gasteiger partial charge in [-0.05, 0) is 49.2 Å². The number of rotatable bonds is 4. The molecule has 0 aromatic heterocycles. The summed E-state index contributed by atoms with van der Waals surface area (Å²) in [6, 6.07) is 4.14. The fourth-order valence-corrected chi connectivity index (χ4v) is 3.46. The van der Waals surface area contributed by atoms with E-state index in [0.717, 1.165) is 61.7 Å². The van der Waals surface area contributed by atoms with Crippen LogP contribution in [0.25, 0.3) is 0 Å². The largest absolute Gasteiger partial charge is 0.507 e. The molecule has 172 valence electrons. The summed E-state index contributed by atoms with van der Waals surface area (Å²) >= 11 is 0. The first kappa shape index (κ1) is 23.6. The molecule has 2 N–H and O–H groups in total. The topological polar surface area (TPSA) is 65.2 Å². The number of alkyl halides is 6. The molecule has 1 saturated carbocycles. The van der Waals surface area contributed by atoms with Crippen LogP contribution in [-0.2, 0) is 12.4 Å². The molecule has 1 aliphatic carbocycles. The molecule has 10 heteroatoms. The van der Waals surface area contributed by atoms with E-state index in [2.05, 4.69) is 9.98 Å². The zero-order valence-electron chi connectivity index (χ0n) is 16.7. The minimum Gasteiger partial charge on any atom is -0.507 e. The molecular formula is C22H20F6N2O2. The lowest BCUT2D eigenvalue weighted by atomic mass is 9.91. The predicted octanol–water partition coefficient (Wildman–Crippen LogP) is 5.98. The highest BCUT2D eigenvalue weighted by molar-refractivity contribution is 5.85. The fourth-order valence-electron chi connectivity index (χ4n) is 3.46. The quantitative estimate of drug-likeness (QED) is 0.437. The highest BCUT2D eigenvalue weighted by atomic mass is 19.4. The summed E-state index contributed by atoms with van der Waals surface area (Å²) in [7, 11) is 0. The zero-order chi connectivity index (χ0) is 23.5. The maximum absolute atomic E-state index is 12.9. The molecule has 0 amide bonds. The first-order chi connectivity index (χ1) is 14.9. The summed E-state index contributed by atoms with van der Waals surface area (Å²) in [5, 5.41) is 19.7. The van der Waals surface area contributed by atoms with Crippen LogP contribution in [0.3, 0.4) is 0 Å². The molecule has 3 rings (SSSR count). The molecule has 32 heavy (non-hydrogen) atoms. The molecule has 0 spiro atoms. The molecule has 0 aliphatic heterocycles. The van der Waals surface area contributed by atoms with Crippen LogP contribution in [0.1, 0.15) is 47.9 Å². The Hall–Kier alpha value is -3.04. The summed E-state index contributed by atoms with van der Waals surface area (Å²) < 4.78 is 77.5. The van der Waals surface area contributed by atoms with E-state index < -0.39 is 35.6 Å². The third-order valence-corrected chi connectivity index (χ3v) is 5.21. The number of benzene rings is 2. The normalized spacial score (nSPS) is 20.3. The van der Waals surface area contributed by atoms with Crippen LogP contribution < -0.4 is 0 Å². The van der Waals surface area contributed by atoms with Gasteiger partial charge in [0.25, 0.3) is 0 Å². The van der Waals surface area contributed by atoms with Crippen LogP contribution in [0, 0.1) is 0 Å². The molecule has 0 radical (unpaired) electrons. The van der Waals surface area contributed by atoms with Gasteiger partial charge < -0.3 is 10.2 Å². The van der Waals surface area contributed by atoms with E-state index in [4.69, 9.17) is 0 Å². The molecule has 0 heterocycles. The van der Waals surface area contributed by atoms with Gasteiger partial charge in [0.05, 0.1) is 23.2 Å². The van der Waals surface area contributed by atoms with Crippen molar-refractivity contribution in [1.29, 1.82) is 0 Å². The lowest BCUT2D eigenvalue weighted by molar-refractivity contribution is -0.138. The number of aliphatic imine (C=N–C) groups is 2. The maximum Gasteiger partial charge on any atom is 0.416 e. The number of halogens is 6. The minimum absolute atomic E-state index is 0.0938. The van der Waals surface area contributed by atoms with Crippen LogP contribution in [0.15, 0.2) is 46.4 Å². The van der Waals surface area contributed by atoms with E-state index in [1.165, 1.54) is 0 Å². The van der Waals surface area contributed by atoms with E-state index in [9.17, 15) is 36.6 Å². The number of aromatic hydroxyl groups is 2. The Morgan fingerprint density at radius 3 is 1.41 bits per heavy atom. The van der Waals surface area contributed by atoms with Crippen molar-refractivity contribution in [1.82, 2.24) is 0 Å². The Labute approximate surface area is 180 Å². The van der Waals surface area contributed by atoms with Gasteiger partial charge in [-0.15, -0.1) is 0 Å². The van der Waals surface area contributed by atoms with Crippen molar-refractivity contribution >= 4 is 12.4 Å².